The molecule has 0 saturated heterocycles. The maximum atomic E-state index is 11.0. The van der Waals surface area contributed by atoms with E-state index in [1.165, 1.54) is 4.90 Å². The lowest BCUT2D eigenvalue weighted by Crippen LogP contribution is -2.32. The van der Waals surface area contributed by atoms with E-state index in [1.54, 1.807) is 13.2 Å². The lowest BCUT2D eigenvalue weighted by atomic mass is 10.5. The Labute approximate surface area is 65.0 Å². The molecule has 0 atom stereocenters. The third-order valence-electron chi connectivity index (χ3n) is 1.49. The minimum absolute atomic E-state index is 0.0372. The molecule has 0 spiro atoms. The Morgan fingerprint density at radius 3 is 3.00 bits per heavy atom. The number of amides is 1. The number of carbonyl (C=O) groups excluding carboxylic acids is 1. The highest BCUT2D eigenvalue weighted by atomic mass is 16.2. The topological polar surface area (TPSA) is 62.1 Å². The van der Waals surface area contributed by atoms with E-state index in [1.807, 2.05) is 12.1 Å². The zero-order valence-electron chi connectivity index (χ0n) is 6.37. The van der Waals surface area contributed by atoms with Gasteiger partial charge in [0.1, 0.15) is 5.82 Å². The fourth-order valence-corrected chi connectivity index (χ4v) is 0.801. The SMILES string of the molecule is CN(C(=O)CN)c1ccc[nH]1. The molecule has 1 amide bonds. The predicted octanol–water partition coefficient (Wildman–Crippen LogP) is -0.0638. The molecule has 4 nitrogen and oxygen atoms in total. The lowest BCUT2D eigenvalue weighted by molar-refractivity contribution is -0.117. The van der Waals surface area contributed by atoms with Crippen LogP contribution in [0, 0.1) is 0 Å². The maximum Gasteiger partial charge on any atom is 0.241 e. The quantitative estimate of drug-likeness (QED) is 0.625. The van der Waals surface area contributed by atoms with Crippen LogP contribution >= 0.6 is 0 Å². The molecule has 0 unspecified atom stereocenters. The third-order valence-corrected chi connectivity index (χ3v) is 1.49. The second kappa shape index (κ2) is 3.21. The summed E-state index contributed by atoms with van der Waals surface area (Å²) in [6.07, 6.45) is 1.76. The van der Waals surface area contributed by atoms with E-state index >= 15 is 0 Å². The van der Waals surface area contributed by atoms with Gasteiger partial charge in [-0.3, -0.25) is 4.79 Å². The number of H-pyrrole nitrogens is 1. The van der Waals surface area contributed by atoms with Gasteiger partial charge >= 0.3 is 0 Å². The summed E-state index contributed by atoms with van der Waals surface area (Å²) in [6.45, 7) is 0.0372. The van der Waals surface area contributed by atoms with Crippen LogP contribution in [0.1, 0.15) is 0 Å². The number of carbonyl (C=O) groups is 1. The number of aromatic amines is 1. The molecule has 0 aliphatic rings. The number of nitrogens with two attached hydrogens (primary N) is 1. The Morgan fingerprint density at radius 2 is 2.55 bits per heavy atom. The van der Waals surface area contributed by atoms with Gasteiger partial charge in [-0.2, -0.15) is 0 Å². The van der Waals surface area contributed by atoms with Gasteiger partial charge in [0, 0.05) is 13.2 Å². The third kappa shape index (κ3) is 1.59. The molecular formula is C7H11N3O. The standard InChI is InChI=1S/C7H11N3O/c1-10(7(11)5-8)6-3-2-4-9-6/h2-4,9H,5,8H2,1H3. The molecular weight excluding hydrogens is 142 g/mol. The molecule has 1 rings (SSSR count). The van der Waals surface area contributed by atoms with Crippen LogP contribution in [0.2, 0.25) is 0 Å². The van der Waals surface area contributed by atoms with Crippen molar-refractivity contribution in [3.63, 3.8) is 0 Å². The number of likely N-dealkylation sites (N-methyl/N-ethyl adjacent to an activating group) is 1. The second-order valence-corrected chi connectivity index (χ2v) is 2.21. The molecule has 1 aromatic heterocycles. The van der Waals surface area contributed by atoms with Crippen molar-refractivity contribution in [3.05, 3.63) is 18.3 Å². The molecule has 0 aromatic carbocycles. The average molecular weight is 153 g/mol. The van der Waals surface area contributed by atoms with E-state index in [2.05, 4.69) is 4.98 Å². The number of aromatic nitrogens is 1. The highest BCUT2D eigenvalue weighted by molar-refractivity contribution is 5.93. The Hall–Kier alpha value is -1.29. The molecule has 60 valence electrons. The van der Waals surface area contributed by atoms with Crippen molar-refractivity contribution in [2.45, 2.75) is 0 Å². The van der Waals surface area contributed by atoms with Gasteiger partial charge < -0.3 is 15.6 Å². The molecule has 1 heterocycles. The smallest absolute Gasteiger partial charge is 0.241 e. The number of nitrogens with zero attached hydrogens (tertiary/aromatic N) is 1. The van der Waals surface area contributed by atoms with Gasteiger partial charge in [-0.15, -0.1) is 0 Å². The minimum atomic E-state index is -0.104. The summed E-state index contributed by atoms with van der Waals surface area (Å²) in [5.74, 6) is 0.660. The van der Waals surface area contributed by atoms with Crippen molar-refractivity contribution in [2.75, 3.05) is 18.5 Å². The Morgan fingerprint density at radius 1 is 1.82 bits per heavy atom. The monoisotopic (exact) mass is 153 g/mol. The van der Waals surface area contributed by atoms with Gasteiger partial charge in [0.25, 0.3) is 0 Å². The molecule has 11 heavy (non-hydrogen) atoms. The number of anilines is 1. The molecule has 4 heteroatoms. The molecule has 0 saturated carbocycles. The van der Waals surface area contributed by atoms with Gasteiger partial charge in [0.15, 0.2) is 0 Å². The van der Waals surface area contributed by atoms with Crippen LogP contribution in [0.5, 0.6) is 0 Å². The number of rotatable bonds is 2. The van der Waals surface area contributed by atoms with E-state index in [9.17, 15) is 4.79 Å². The number of hydrogen-bond donors (Lipinski definition) is 2. The number of hydrogen-bond acceptors (Lipinski definition) is 2. The zero-order chi connectivity index (χ0) is 8.27. The summed E-state index contributed by atoms with van der Waals surface area (Å²) in [7, 11) is 1.68. The number of nitrogens with one attached hydrogen (secondary N) is 1. The van der Waals surface area contributed by atoms with E-state index in [0.717, 1.165) is 5.82 Å². The van der Waals surface area contributed by atoms with Crippen molar-refractivity contribution >= 4 is 11.7 Å². The van der Waals surface area contributed by atoms with Crippen LogP contribution in [-0.2, 0) is 4.79 Å². The Balaban J connectivity index is 2.70. The van der Waals surface area contributed by atoms with Gasteiger partial charge in [-0.25, -0.2) is 0 Å². The first-order valence-electron chi connectivity index (χ1n) is 3.35. The van der Waals surface area contributed by atoms with Crippen molar-refractivity contribution in [1.82, 2.24) is 4.98 Å². The van der Waals surface area contributed by atoms with E-state index < -0.39 is 0 Å². The minimum Gasteiger partial charge on any atom is -0.348 e. The van der Waals surface area contributed by atoms with Crippen LogP contribution in [0.4, 0.5) is 5.82 Å². The van der Waals surface area contributed by atoms with E-state index in [0.29, 0.717) is 0 Å². The average Bonchev–Trinajstić information content (AvgIpc) is 2.53. The maximum absolute atomic E-state index is 11.0. The molecule has 0 aliphatic heterocycles. The molecule has 0 fully saturated rings. The first kappa shape index (κ1) is 7.81. The fraction of sp³-hybridized carbons (Fsp3) is 0.286. The van der Waals surface area contributed by atoms with E-state index in [4.69, 9.17) is 5.73 Å². The molecule has 1 aromatic rings. The lowest BCUT2D eigenvalue weighted by Gasteiger charge is -2.13. The highest BCUT2D eigenvalue weighted by Crippen LogP contribution is 2.06. The van der Waals surface area contributed by atoms with Crippen molar-refractivity contribution in [1.29, 1.82) is 0 Å². The molecule has 0 aliphatic carbocycles. The van der Waals surface area contributed by atoms with Crippen molar-refractivity contribution in [2.24, 2.45) is 5.73 Å². The van der Waals surface area contributed by atoms with Crippen LogP contribution < -0.4 is 10.6 Å². The highest BCUT2D eigenvalue weighted by Gasteiger charge is 2.07. The largest absolute Gasteiger partial charge is 0.348 e. The first-order valence-corrected chi connectivity index (χ1v) is 3.35. The molecule has 0 bridgehead atoms. The van der Waals surface area contributed by atoms with Gasteiger partial charge in [0.05, 0.1) is 6.54 Å². The summed E-state index contributed by atoms with van der Waals surface area (Å²) < 4.78 is 0. The Bertz CT molecular complexity index is 230. The first-order chi connectivity index (χ1) is 5.25. The zero-order valence-corrected chi connectivity index (χ0v) is 6.37. The van der Waals surface area contributed by atoms with Crippen molar-refractivity contribution < 1.29 is 4.79 Å². The predicted molar refractivity (Wildman–Crippen MR) is 43.3 cm³/mol. The van der Waals surface area contributed by atoms with Crippen LogP contribution in [0.25, 0.3) is 0 Å². The fourth-order valence-electron chi connectivity index (χ4n) is 0.801. The normalized spacial score (nSPS) is 9.64. The summed E-state index contributed by atoms with van der Waals surface area (Å²) >= 11 is 0. The van der Waals surface area contributed by atoms with Gasteiger partial charge in [0.2, 0.25) is 5.91 Å². The second-order valence-electron chi connectivity index (χ2n) is 2.21. The van der Waals surface area contributed by atoms with E-state index in [-0.39, 0.29) is 12.5 Å². The van der Waals surface area contributed by atoms with Gasteiger partial charge in [-0.05, 0) is 12.1 Å². The van der Waals surface area contributed by atoms with Crippen LogP contribution in [0.15, 0.2) is 18.3 Å². The Kier molecular flexibility index (Phi) is 2.28. The molecule has 3 N–H and O–H groups in total. The van der Waals surface area contributed by atoms with Crippen molar-refractivity contribution in [3.8, 4) is 0 Å². The van der Waals surface area contributed by atoms with Crippen LogP contribution in [-0.4, -0.2) is 24.5 Å². The summed E-state index contributed by atoms with van der Waals surface area (Å²) in [4.78, 5) is 15.4. The molecule has 0 radical (unpaired) electrons. The van der Waals surface area contributed by atoms with Crippen LogP contribution in [0.3, 0.4) is 0 Å². The summed E-state index contributed by atoms with van der Waals surface area (Å²) in [5, 5.41) is 0. The summed E-state index contributed by atoms with van der Waals surface area (Å²) in [6, 6.07) is 3.64. The van der Waals surface area contributed by atoms with Gasteiger partial charge in [-0.1, -0.05) is 0 Å². The summed E-state index contributed by atoms with van der Waals surface area (Å²) in [5.41, 5.74) is 5.17.